The molecule has 0 fully saturated rings. The first-order chi connectivity index (χ1) is 11.6. The summed E-state index contributed by atoms with van der Waals surface area (Å²) in [5, 5.41) is 0.929. The first-order valence-corrected chi connectivity index (χ1v) is 7.73. The summed E-state index contributed by atoms with van der Waals surface area (Å²) in [7, 11) is 0. The molecule has 0 saturated heterocycles. The molecule has 7 heteroatoms. The minimum absolute atomic E-state index is 0.120. The van der Waals surface area contributed by atoms with Crippen LogP contribution in [0.3, 0.4) is 0 Å². The molecule has 0 amide bonds. The number of ether oxygens (including phenoxy) is 1. The molecule has 3 aromatic rings. The Morgan fingerprint density at radius 2 is 1.79 bits per heavy atom. The Kier molecular flexibility index (Phi) is 5.03. The molecule has 0 unspecified atom stereocenters. The van der Waals surface area contributed by atoms with E-state index in [0.29, 0.717) is 32.8 Å². The molecular weight excluding hydrogens is 349 g/mol. The number of halogens is 2. The van der Waals surface area contributed by atoms with Crippen LogP contribution in [-0.4, -0.2) is 20.7 Å². The Morgan fingerprint density at radius 3 is 2.54 bits per heavy atom. The maximum Gasteiger partial charge on any atom is 0.169 e. The fraction of sp³-hybridized carbons (Fsp3) is 0.0588. The molecule has 24 heavy (non-hydrogen) atoms. The molecular formula is C17H11Cl2N3O2. The second-order valence-corrected chi connectivity index (χ2v) is 5.79. The third-order valence-corrected chi connectivity index (χ3v) is 3.54. The van der Waals surface area contributed by atoms with E-state index in [1.165, 1.54) is 18.7 Å². The van der Waals surface area contributed by atoms with Crippen LogP contribution in [-0.2, 0) is 6.42 Å². The smallest absolute Gasteiger partial charge is 0.169 e. The monoisotopic (exact) mass is 359 g/mol. The van der Waals surface area contributed by atoms with Crippen molar-refractivity contribution in [2.45, 2.75) is 6.42 Å². The third-order valence-electron chi connectivity index (χ3n) is 3.09. The van der Waals surface area contributed by atoms with Gasteiger partial charge in [0.1, 0.15) is 12.1 Å². The van der Waals surface area contributed by atoms with Crippen molar-refractivity contribution in [3.05, 3.63) is 76.6 Å². The van der Waals surface area contributed by atoms with Crippen molar-refractivity contribution in [2.24, 2.45) is 0 Å². The van der Waals surface area contributed by atoms with Gasteiger partial charge in [-0.05, 0) is 30.3 Å². The lowest BCUT2D eigenvalue weighted by Crippen LogP contribution is -2.05. The largest absolute Gasteiger partial charge is 0.454 e. The Bertz CT molecular complexity index is 873. The predicted molar refractivity (Wildman–Crippen MR) is 90.8 cm³/mol. The van der Waals surface area contributed by atoms with Gasteiger partial charge in [-0.25, -0.2) is 9.97 Å². The molecule has 2 aromatic heterocycles. The van der Waals surface area contributed by atoms with Crippen molar-refractivity contribution in [1.82, 2.24) is 15.0 Å². The van der Waals surface area contributed by atoms with E-state index in [1.807, 2.05) is 0 Å². The molecule has 0 aliphatic heterocycles. The number of aromatic nitrogens is 3. The van der Waals surface area contributed by atoms with Crippen LogP contribution >= 0.6 is 23.2 Å². The number of nitrogens with zero attached hydrogens (tertiary/aromatic N) is 3. The summed E-state index contributed by atoms with van der Waals surface area (Å²) in [6.07, 6.45) is 6.12. The molecule has 0 spiro atoms. The highest BCUT2D eigenvalue weighted by molar-refractivity contribution is 6.31. The normalized spacial score (nSPS) is 10.4. The average Bonchev–Trinajstić information content (AvgIpc) is 2.55. The second kappa shape index (κ2) is 7.38. The van der Waals surface area contributed by atoms with Crippen molar-refractivity contribution in [3.8, 4) is 11.5 Å². The number of benzene rings is 1. The van der Waals surface area contributed by atoms with Crippen molar-refractivity contribution in [3.63, 3.8) is 0 Å². The number of pyridine rings is 1. The van der Waals surface area contributed by atoms with Crippen LogP contribution in [0.15, 0.2) is 55.2 Å². The molecule has 3 rings (SSSR count). The Hall–Kier alpha value is -2.50. The van der Waals surface area contributed by atoms with Crippen LogP contribution in [0.5, 0.6) is 11.5 Å². The van der Waals surface area contributed by atoms with Gasteiger partial charge in [-0.15, -0.1) is 0 Å². The number of hydrogen-bond acceptors (Lipinski definition) is 5. The quantitative estimate of drug-likeness (QED) is 0.631. The van der Waals surface area contributed by atoms with Crippen LogP contribution in [0.4, 0.5) is 0 Å². The van der Waals surface area contributed by atoms with E-state index >= 15 is 0 Å². The van der Waals surface area contributed by atoms with Gasteiger partial charge in [0, 0.05) is 27.5 Å². The maximum absolute atomic E-state index is 12.5. The van der Waals surface area contributed by atoms with Crippen molar-refractivity contribution in [1.29, 1.82) is 0 Å². The molecule has 0 bridgehead atoms. The van der Waals surface area contributed by atoms with Crippen molar-refractivity contribution >= 4 is 29.0 Å². The zero-order chi connectivity index (χ0) is 16.9. The molecule has 0 aliphatic carbocycles. The second-order valence-electron chi connectivity index (χ2n) is 4.92. The Morgan fingerprint density at radius 1 is 1.00 bits per heavy atom. The van der Waals surface area contributed by atoms with Gasteiger partial charge in [0.15, 0.2) is 11.5 Å². The Balaban J connectivity index is 1.81. The van der Waals surface area contributed by atoms with Gasteiger partial charge in [0.25, 0.3) is 0 Å². The molecule has 5 nitrogen and oxygen atoms in total. The number of Topliss-reactive ketones (excluding diaryl/α,β-unsaturated/α-hetero) is 1. The van der Waals surface area contributed by atoms with E-state index in [0.717, 1.165) is 0 Å². The average molecular weight is 360 g/mol. The highest BCUT2D eigenvalue weighted by Crippen LogP contribution is 2.26. The molecule has 0 aliphatic rings. The molecule has 0 atom stereocenters. The van der Waals surface area contributed by atoms with Gasteiger partial charge in [-0.3, -0.25) is 9.78 Å². The number of ketones is 1. The van der Waals surface area contributed by atoms with Crippen LogP contribution in [0, 0.1) is 0 Å². The van der Waals surface area contributed by atoms with Crippen LogP contribution < -0.4 is 4.74 Å². The number of carbonyl (C=O) groups excluding carboxylic acids is 1. The molecule has 0 N–H and O–H groups in total. The topological polar surface area (TPSA) is 65.0 Å². The van der Waals surface area contributed by atoms with Crippen LogP contribution in [0.2, 0.25) is 10.0 Å². The van der Waals surface area contributed by atoms with E-state index in [1.54, 1.807) is 36.5 Å². The summed E-state index contributed by atoms with van der Waals surface area (Å²) >= 11 is 12.0. The van der Waals surface area contributed by atoms with E-state index in [9.17, 15) is 4.79 Å². The summed E-state index contributed by atoms with van der Waals surface area (Å²) < 4.78 is 5.62. The zero-order valence-electron chi connectivity index (χ0n) is 12.3. The van der Waals surface area contributed by atoms with Crippen molar-refractivity contribution < 1.29 is 9.53 Å². The lowest BCUT2D eigenvalue weighted by atomic mass is 10.1. The fourth-order valence-corrected chi connectivity index (χ4v) is 2.48. The Labute approximate surface area is 148 Å². The maximum atomic E-state index is 12.5. The number of carbonyl (C=O) groups is 1. The minimum atomic E-state index is -0.138. The van der Waals surface area contributed by atoms with Gasteiger partial charge < -0.3 is 4.74 Å². The van der Waals surface area contributed by atoms with Crippen LogP contribution in [0.1, 0.15) is 16.1 Å². The SMILES string of the molecule is O=C(Cc1cc(Cl)ccn1)c1cc(Cl)cc(Oc2cncnc2)c1. The van der Waals surface area contributed by atoms with E-state index in [-0.39, 0.29) is 12.2 Å². The number of hydrogen-bond donors (Lipinski definition) is 0. The van der Waals surface area contributed by atoms with Gasteiger partial charge in [-0.1, -0.05) is 23.2 Å². The van der Waals surface area contributed by atoms with Gasteiger partial charge in [0.2, 0.25) is 0 Å². The lowest BCUT2D eigenvalue weighted by Gasteiger charge is -2.08. The van der Waals surface area contributed by atoms with Gasteiger partial charge in [0.05, 0.1) is 18.8 Å². The van der Waals surface area contributed by atoms with Gasteiger partial charge in [-0.2, -0.15) is 0 Å². The third kappa shape index (κ3) is 4.28. The predicted octanol–water partition coefficient (Wildman–Crippen LogP) is 4.40. The summed E-state index contributed by atoms with van der Waals surface area (Å²) in [5.74, 6) is 0.746. The zero-order valence-corrected chi connectivity index (χ0v) is 13.8. The summed E-state index contributed by atoms with van der Waals surface area (Å²) in [6, 6.07) is 8.13. The number of rotatable bonds is 5. The molecule has 0 radical (unpaired) electrons. The van der Waals surface area contributed by atoms with E-state index < -0.39 is 0 Å². The standard InChI is InChI=1S/C17H11Cl2N3O2/c18-12-1-2-22-14(5-12)7-17(23)11-3-13(19)6-15(4-11)24-16-8-20-10-21-9-16/h1-6,8-10H,7H2. The highest BCUT2D eigenvalue weighted by Gasteiger charge is 2.12. The first kappa shape index (κ1) is 16.4. The van der Waals surface area contributed by atoms with Gasteiger partial charge >= 0.3 is 0 Å². The molecule has 1 aromatic carbocycles. The van der Waals surface area contributed by atoms with Crippen LogP contribution in [0.25, 0.3) is 0 Å². The van der Waals surface area contributed by atoms with Crippen molar-refractivity contribution in [2.75, 3.05) is 0 Å². The molecule has 0 saturated carbocycles. The van der Waals surface area contributed by atoms with E-state index in [2.05, 4.69) is 15.0 Å². The fourth-order valence-electron chi connectivity index (χ4n) is 2.07. The summed E-state index contributed by atoms with van der Waals surface area (Å²) in [5.41, 5.74) is 1.02. The summed E-state index contributed by atoms with van der Waals surface area (Å²) in [4.78, 5) is 24.3. The highest BCUT2D eigenvalue weighted by atomic mass is 35.5. The molecule has 2 heterocycles. The lowest BCUT2D eigenvalue weighted by molar-refractivity contribution is 0.0991. The molecule has 120 valence electrons. The minimum Gasteiger partial charge on any atom is -0.454 e. The summed E-state index contributed by atoms with van der Waals surface area (Å²) in [6.45, 7) is 0. The van der Waals surface area contributed by atoms with E-state index in [4.69, 9.17) is 27.9 Å². The first-order valence-electron chi connectivity index (χ1n) is 6.97.